The quantitative estimate of drug-likeness (QED) is 0.672. The van der Waals surface area contributed by atoms with Crippen molar-refractivity contribution in [2.75, 3.05) is 0 Å². The normalized spacial score (nSPS) is 15.6. The van der Waals surface area contributed by atoms with Crippen LogP contribution in [0.4, 0.5) is 0 Å². The van der Waals surface area contributed by atoms with Crippen molar-refractivity contribution in [1.29, 1.82) is 0 Å². The Labute approximate surface area is 129 Å². The molecule has 2 aromatic carbocycles. The second-order valence-electron chi connectivity index (χ2n) is 6.40. The van der Waals surface area contributed by atoms with Crippen molar-refractivity contribution in [2.45, 2.75) is 27.7 Å². The Morgan fingerprint density at radius 3 is 2.05 bits per heavy atom. The monoisotopic (exact) mass is 370 g/mol. The molecule has 0 atom stereocenters. The molecule has 0 amide bonds. The SMILES string of the molecule is C[C]1=C(C(C)(C)C)c2cccc[c]2[Sb]1[c]1ccccc1. The molecule has 102 valence electrons. The van der Waals surface area contributed by atoms with Gasteiger partial charge in [0.05, 0.1) is 0 Å². The van der Waals surface area contributed by atoms with Crippen molar-refractivity contribution >= 4 is 32.8 Å². The van der Waals surface area contributed by atoms with Crippen molar-refractivity contribution in [2.24, 2.45) is 5.41 Å². The molecule has 1 heterocycles. The first-order chi connectivity index (χ1) is 9.50. The van der Waals surface area contributed by atoms with Crippen LogP contribution in [0.2, 0.25) is 0 Å². The Kier molecular flexibility index (Phi) is 3.54. The van der Waals surface area contributed by atoms with Gasteiger partial charge in [0.1, 0.15) is 0 Å². The molecule has 0 aliphatic carbocycles. The minimum absolute atomic E-state index is 0.230. The van der Waals surface area contributed by atoms with Gasteiger partial charge in [-0.3, -0.25) is 0 Å². The number of fused-ring (bicyclic) bond motifs is 1. The molecule has 1 aliphatic heterocycles. The van der Waals surface area contributed by atoms with Crippen molar-refractivity contribution in [1.82, 2.24) is 0 Å². The standard InChI is InChI=1S/C13H16.C6H5.Sb/c1-5-12(13(2,3)4)11-9-7-6-8-10-11;1-2-4-6-5-3-1;/h6-9H,1-4H3;1-5H;. The van der Waals surface area contributed by atoms with Crippen molar-refractivity contribution in [3.8, 4) is 0 Å². The Morgan fingerprint density at radius 2 is 1.40 bits per heavy atom. The summed E-state index contributed by atoms with van der Waals surface area (Å²) < 4.78 is 4.91. The summed E-state index contributed by atoms with van der Waals surface area (Å²) in [5.41, 5.74) is 3.35. The van der Waals surface area contributed by atoms with E-state index >= 15 is 0 Å². The van der Waals surface area contributed by atoms with E-state index in [4.69, 9.17) is 0 Å². The second-order valence-corrected chi connectivity index (χ2v) is 13.1. The predicted molar refractivity (Wildman–Crippen MR) is 90.0 cm³/mol. The first-order valence-corrected chi connectivity index (χ1v) is 11.0. The number of benzene rings is 2. The fourth-order valence-electron chi connectivity index (χ4n) is 3.22. The van der Waals surface area contributed by atoms with E-state index < -0.39 is 20.2 Å². The zero-order valence-corrected chi connectivity index (χ0v) is 15.2. The summed E-state index contributed by atoms with van der Waals surface area (Å²) in [4.78, 5) is 0. The van der Waals surface area contributed by atoms with E-state index in [1.807, 2.05) is 0 Å². The molecule has 3 rings (SSSR count). The maximum atomic E-state index is 2.39. The Balaban J connectivity index is 2.24. The molecule has 0 N–H and O–H groups in total. The van der Waals surface area contributed by atoms with Crippen LogP contribution in [0.25, 0.3) is 5.57 Å². The molecule has 2 aromatic rings. The van der Waals surface area contributed by atoms with E-state index in [1.165, 1.54) is 5.56 Å². The molecule has 0 fully saturated rings. The average molecular weight is 371 g/mol. The van der Waals surface area contributed by atoms with E-state index in [0.29, 0.717) is 0 Å². The third-order valence-electron chi connectivity index (χ3n) is 3.88. The van der Waals surface area contributed by atoms with Crippen molar-refractivity contribution in [3.63, 3.8) is 0 Å². The molecule has 0 aromatic heterocycles. The van der Waals surface area contributed by atoms with Crippen LogP contribution in [-0.2, 0) is 0 Å². The van der Waals surface area contributed by atoms with Gasteiger partial charge in [-0.15, -0.1) is 0 Å². The summed E-state index contributed by atoms with van der Waals surface area (Å²) >= 11 is -1.73. The van der Waals surface area contributed by atoms with Gasteiger partial charge in [-0.1, -0.05) is 0 Å². The maximum absolute atomic E-state index is 2.39. The Bertz CT molecular complexity index is 660. The summed E-state index contributed by atoms with van der Waals surface area (Å²) in [6.45, 7) is 9.42. The summed E-state index contributed by atoms with van der Waals surface area (Å²) in [6.07, 6.45) is 0. The number of rotatable bonds is 1. The van der Waals surface area contributed by atoms with E-state index in [0.717, 1.165) is 0 Å². The average Bonchev–Trinajstić information content (AvgIpc) is 2.71. The molecule has 1 heteroatoms. The first-order valence-electron chi connectivity index (χ1n) is 7.16. The van der Waals surface area contributed by atoms with Gasteiger partial charge in [0.2, 0.25) is 0 Å². The minimum atomic E-state index is -1.73. The van der Waals surface area contributed by atoms with Gasteiger partial charge in [0.25, 0.3) is 0 Å². The molecule has 0 bridgehead atoms. The third kappa shape index (κ3) is 2.25. The fraction of sp³-hybridized carbons (Fsp3) is 0.263. The number of allylic oxidation sites excluding steroid dienone is 2. The van der Waals surface area contributed by atoms with Crippen LogP contribution in [0.1, 0.15) is 33.3 Å². The van der Waals surface area contributed by atoms with Crippen LogP contribution < -0.4 is 7.02 Å². The van der Waals surface area contributed by atoms with Gasteiger partial charge < -0.3 is 0 Å². The van der Waals surface area contributed by atoms with Crippen LogP contribution in [0.15, 0.2) is 58.1 Å². The topological polar surface area (TPSA) is 0 Å². The molecule has 0 radical (unpaired) electrons. The summed E-state index contributed by atoms with van der Waals surface area (Å²) in [5.74, 6) is 0. The van der Waals surface area contributed by atoms with Crippen LogP contribution >= 0.6 is 0 Å². The molecule has 0 saturated heterocycles. The van der Waals surface area contributed by atoms with Gasteiger partial charge in [-0.05, 0) is 0 Å². The molecule has 0 unspecified atom stereocenters. The second kappa shape index (κ2) is 5.08. The van der Waals surface area contributed by atoms with Crippen LogP contribution in [0.3, 0.4) is 0 Å². The Hall–Kier alpha value is -1.00. The van der Waals surface area contributed by atoms with Crippen LogP contribution in [0, 0.1) is 5.41 Å². The molecular weight excluding hydrogens is 350 g/mol. The zero-order valence-electron chi connectivity index (χ0n) is 12.6. The van der Waals surface area contributed by atoms with Crippen LogP contribution in [0.5, 0.6) is 0 Å². The van der Waals surface area contributed by atoms with Gasteiger partial charge in [0, 0.05) is 0 Å². The zero-order chi connectivity index (χ0) is 14.3. The van der Waals surface area contributed by atoms with E-state index in [1.54, 1.807) is 16.1 Å². The van der Waals surface area contributed by atoms with Gasteiger partial charge in [-0.2, -0.15) is 0 Å². The third-order valence-corrected chi connectivity index (χ3v) is 11.2. The number of hydrogen-bond acceptors (Lipinski definition) is 0. The van der Waals surface area contributed by atoms with E-state index in [2.05, 4.69) is 82.3 Å². The first kappa shape index (κ1) is 14.0. The molecule has 0 saturated carbocycles. The molecule has 0 spiro atoms. The van der Waals surface area contributed by atoms with E-state index in [9.17, 15) is 0 Å². The fourth-order valence-corrected chi connectivity index (χ4v) is 11.3. The number of hydrogen-bond donors (Lipinski definition) is 0. The molecule has 0 nitrogen and oxygen atoms in total. The van der Waals surface area contributed by atoms with Gasteiger partial charge >= 0.3 is 130 Å². The summed E-state index contributed by atoms with van der Waals surface area (Å²) in [6, 6.07) is 20.2. The molecule has 20 heavy (non-hydrogen) atoms. The Morgan fingerprint density at radius 1 is 0.800 bits per heavy atom. The molecule has 1 aliphatic rings. The van der Waals surface area contributed by atoms with Gasteiger partial charge in [-0.25, -0.2) is 0 Å². The van der Waals surface area contributed by atoms with Crippen molar-refractivity contribution in [3.05, 3.63) is 63.7 Å². The molecular formula is C19H21Sb. The van der Waals surface area contributed by atoms with Crippen LogP contribution in [-0.4, -0.2) is 20.2 Å². The van der Waals surface area contributed by atoms with E-state index in [-0.39, 0.29) is 5.41 Å². The predicted octanol–water partition coefficient (Wildman–Crippen LogP) is 3.67. The van der Waals surface area contributed by atoms with Crippen molar-refractivity contribution < 1.29 is 0 Å². The van der Waals surface area contributed by atoms with Gasteiger partial charge in [0.15, 0.2) is 0 Å². The summed E-state index contributed by atoms with van der Waals surface area (Å²) in [5, 5.41) is 0. The summed E-state index contributed by atoms with van der Waals surface area (Å²) in [7, 11) is 0.